The first kappa shape index (κ1) is 26.6. The number of halogens is 1. The fraction of sp³-hybridized carbons (Fsp3) is 0.0968. The zero-order valence-electron chi connectivity index (χ0n) is 21.3. The molecule has 2 N–H and O–H groups in total. The lowest BCUT2D eigenvalue weighted by Gasteiger charge is -2.24. The molecule has 1 heterocycles. The molecule has 200 valence electrons. The summed E-state index contributed by atoms with van der Waals surface area (Å²) >= 11 is 5.94. The second-order valence-corrected chi connectivity index (χ2v) is 9.38. The first-order chi connectivity index (χ1) is 19.5. The maximum Gasteiger partial charge on any atom is 0.326 e. The molecule has 0 bridgehead atoms. The molecule has 0 radical (unpaired) electrons. The van der Waals surface area contributed by atoms with Gasteiger partial charge in [-0.1, -0.05) is 90.5 Å². The van der Waals surface area contributed by atoms with Crippen LogP contribution < -0.4 is 15.5 Å². The van der Waals surface area contributed by atoms with Gasteiger partial charge in [0.2, 0.25) is 6.17 Å². The smallest absolute Gasteiger partial charge is 0.326 e. The van der Waals surface area contributed by atoms with Crippen molar-refractivity contribution in [2.75, 3.05) is 16.8 Å². The van der Waals surface area contributed by atoms with Crippen molar-refractivity contribution in [3.63, 3.8) is 0 Å². The van der Waals surface area contributed by atoms with Crippen molar-refractivity contribution in [3.8, 4) is 0 Å². The molecule has 0 spiro atoms. The maximum absolute atomic E-state index is 13.9. The molecular weight excluding hydrogens is 528 g/mol. The summed E-state index contributed by atoms with van der Waals surface area (Å²) < 4.78 is 5.47. The van der Waals surface area contributed by atoms with Crippen molar-refractivity contribution in [1.82, 2.24) is 5.32 Å². The van der Waals surface area contributed by atoms with Gasteiger partial charge < -0.3 is 15.4 Å². The van der Waals surface area contributed by atoms with E-state index in [2.05, 4.69) is 10.6 Å². The molecule has 3 amide bonds. The van der Waals surface area contributed by atoms with Crippen molar-refractivity contribution in [2.24, 2.45) is 4.99 Å². The summed E-state index contributed by atoms with van der Waals surface area (Å²) in [5.74, 6) is -1.18. The third-order valence-corrected chi connectivity index (χ3v) is 6.41. The Hall–Kier alpha value is -4.95. The number of hydrogen-bond donors (Lipinski definition) is 2. The minimum absolute atomic E-state index is 0.0697. The number of fused-ring (bicyclic) bond motifs is 1. The molecule has 1 unspecified atom stereocenters. The van der Waals surface area contributed by atoms with Gasteiger partial charge in [0.15, 0.2) is 0 Å². The number of carbonyl (C=O) groups is 3. The first-order valence-electron chi connectivity index (χ1n) is 12.5. The van der Waals surface area contributed by atoms with Gasteiger partial charge in [0, 0.05) is 21.8 Å². The zero-order valence-corrected chi connectivity index (χ0v) is 22.0. The van der Waals surface area contributed by atoms with E-state index in [1.165, 1.54) is 4.90 Å². The van der Waals surface area contributed by atoms with Crippen molar-refractivity contribution in [2.45, 2.75) is 12.8 Å². The van der Waals surface area contributed by atoms with Gasteiger partial charge in [-0.3, -0.25) is 14.5 Å². The molecule has 1 aliphatic heterocycles. The van der Waals surface area contributed by atoms with Crippen molar-refractivity contribution < 1.29 is 19.1 Å². The minimum Gasteiger partial charge on any atom is -0.459 e. The number of ether oxygens (including phenoxy) is 1. The van der Waals surface area contributed by atoms with E-state index in [0.29, 0.717) is 27.7 Å². The number of carbonyl (C=O) groups excluding carboxylic acids is 3. The Morgan fingerprint density at radius 3 is 2.23 bits per heavy atom. The van der Waals surface area contributed by atoms with Crippen molar-refractivity contribution in [1.29, 1.82) is 0 Å². The van der Waals surface area contributed by atoms with Crippen LogP contribution >= 0.6 is 11.6 Å². The highest BCUT2D eigenvalue weighted by atomic mass is 35.5. The molecule has 0 aliphatic carbocycles. The summed E-state index contributed by atoms with van der Waals surface area (Å²) in [4.78, 5) is 45.8. The van der Waals surface area contributed by atoms with E-state index in [1.54, 1.807) is 36.4 Å². The Labute approximate surface area is 236 Å². The number of esters is 1. The number of benzodiazepines with no additional fused rings is 1. The number of hydrogen-bond acceptors (Lipinski definition) is 5. The van der Waals surface area contributed by atoms with Gasteiger partial charge in [-0.25, -0.2) is 9.79 Å². The van der Waals surface area contributed by atoms with E-state index in [4.69, 9.17) is 21.3 Å². The van der Waals surface area contributed by atoms with E-state index < -0.39 is 24.1 Å². The summed E-state index contributed by atoms with van der Waals surface area (Å²) in [5.41, 5.74) is 3.68. The molecule has 9 heteroatoms. The Bertz CT molecular complexity index is 1540. The van der Waals surface area contributed by atoms with Gasteiger partial charge in [0.05, 0.1) is 11.4 Å². The highest BCUT2D eigenvalue weighted by Crippen LogP contribution is 2.28. The fourth-order valence-corrected chi connectivity index (χ4v) is 4.38. The van der Waals surface area contributed by atoms with E-state index in [0.717, 1.165) is 11.1 Å². The molecule has 4 aromatic rings. The molecule has 40 heavy (non-hydrogen) atoms. The second kappa shape index (κ2) is 12.3. The highest BCUT2D eigenvalue weighted by molar-refractivity contribution is 6.30. The van der Waals surface area contributed by atoms with E-state index in [-0.39, 0.29) is 13.2 Å². The summed E-state index contributed by atoms with van der Waals surface area (Å²) in [6.07, 6.45) is -1.32. The molecule has 0 fully saturated rings. The topological polar surface area (TPSA) is 100 Å². The van der Waals surface area contributed by atoms with Crippen LogP contribution in [-0.2, 0) is 20.9 Å². The van der Waals surface area contributed by atoms with Crippen LogP contribution in [0.25, 0.3) is 0 Å². The summed E-state index contributed by atoms with van der Waals surface area (Å²) in [5, 5.41) is 5.86. The van der Waals surface area contributed by atoms with E-state index >= 15 is 0 Å². The Kier molecular flexibility index (Phi) is 8.18. The van der Waals surface area contributed by atoms with Crippen LogP contribution in [0, 0.1) is 0 Å². The van der Waals surface area contributed by atoms with Crippen molar-refractivity contribution in [3.05, 3.63) is 131 Å². The molecule has 0 aromatic heterocycles. The number of amides is 3. The number of urea groups is 1. The second-order valence-electron chi connectivity index (χ2n) is 8.94. The number of nitrogens with zero attached hydrogens (tertiary/aromatic N) is 2. The molecule has 1 aliphatic rings. The standard InChI is InChI=1S/C31H25ClN4O4/c32-23-15-17-24(18-16-23)33-31(39)35-29-30(38)36(19-27(37)40-20-21-9-3-1-4-10-21)26-14-8-7-13-25(26)28(34-29)22-11-5-2-6-12-22/h1-18,29H,19-20H2,(H2,33,35,39). The van der Waals surface area contributed by atoms with Crippen LogP contribution in [0.1, 0.15) is 16.7 Å². The number of anilines is 2. The lowest BCUT2D eigenvalue weighted by atomic mass is 10.0. The van der Waals surface area contributed by atoms with Crippen LogP contribution in [-0.4, -0.2) is 36.3 Å². The summed E-state index contributed by atoms with van der Waals surface area (Å²) in [7, 11) is 0. The maximum atomic E-state index is 13.9. The van der Waals surface area contributed by atoms with Gasteiger partial charge in [0.1, 0.15) is 13.2 Å². The van der Waals surface area contributed by atoms with Gasteiger partial charge in [-0.15, -0.1) is 0 Å². The molecule has 0 saturated heterocycles. The minimum atomic E-state index is -1.32. The largest absolute Gasteiger partial charge is 0.459 e. The van der Waals surface area contributed by atoms with Gasteiger partial charge in [-0.2, -0.15) is 0 Å². The fourth-order valence-electron chi connectivity index (χ4n) is 4.25. The van der Waals surface area contributed by atoms with Crippen LogP contribution in [0.15, 0.2) is 114 Å². The predicted octanol–water partition coefficient (Wildman–Crippen LogP) is 5.42. The van der Waals surface area contributed by atoms with E-state index in [9.17, 15) is 14.4 Å². The third-order valence-electron chi connectivity index (χ3n) is 6.16. The van der Waals surface area contributed by atoms with Gasteiger partial charge in [-0.05, 0) is 35.9 Å². The van der Waals surface area contributed by atoms with Crippen LogP contribution in [0.3, 0.4) is 0 Å². The number of aliphatic imine (C=N–C) groups is 1. The van der Waals surface area contributed by atoms with Crippen molar-refractivity contribution >= 4 is 46.6 Å². The average molecular weight is 553 g/mol. The quantitative estimate of drug-likeness (QED) is 0.299. The van der Waals surface area contributed by atoms with Crippen LogP contribution in [0.2, 0.25) is 5.02 Å². The summed E-state index contributed by atoms with van der Waals surface area (Å²) in [6.45, 7) is -0.294. The number of nitrogens with one attached hydrogen (secondary N) is 2. The predicted molar refractivity (Wildman–Crippen MR) is 155 cm³/mol. The monoisotopic (exact) mass is 552 g/mol. The molecule has 8 nitrogen and oxygen atoms in total. The summed E-state index contributed by atoms with van der Waals surface area (Å²) in [6, 6.07) is 31.7. The Balaban J connectivity index is 1.45. The lowest BCUT2D eigenvalue weighted by molar-refractivity contribution is -0.144. The van der Waals surface area contributed by atoms with Gasteiger partial charge >= 0.3 is 12.0 Å². The highest BCUT2D eigenvalue weighted by Gasteiger charge is 2.34. The molecule has 1 atom stereocenters. The third kappa shape index (κ3) is 6.36. The lowest BCUT2D eigenvalue weighted by Crippen LogP contribution is -2.50. The Morgan fingerprint density at radius 2 is 1.50 bits per heavy atom. The normalized spacial score (nSPS) is 14.4. The van der Waals surface area contributed by atoms with Crippen LogP contribution in [0.4, 0.5) is 16.2 Å². The zero-order chi connectivity index (χ0) is 27.9. The van der Waals surface area contributed by atoms with E-state index in [1.807, 2.05) is 72.8 Å². The SMILES string of the molecule is O=C(Nc1ccc(Cl)cc1)NC1N=C(c2ccccc2)c2ccccc2N(CC(=O)OCc2ccccc2)C1=O. The molecular formula is C31H25ClN4O4. The van der Waals surface area contributed by atoms with Gasteiger partial charge in [0.25, 0.3) is 5.91 Å². The average Bonchev–Trinajstić information content (AvgIpc) is 3.09. The number of benzene rings is 4. The van der Waals surface area contributed by atoms with Crippen LogP contribution in [0.5, 0.6) is 0 Å². The molecule has 0 saturated carbocycles. The molecule has 5 rings (SSSR count). The number of para-hydroxylation sites is 1. The molecule has 4 aromatic carbocycles. The Morgan fingerprint density at radius 1 is 0.850 bits per heavy atom. The first-order valence-corrected chi connectivity index (χ1v) is 12.9. The number of rotatable bonds is 7.